The minimum Gasteiger partial charge on any atom is -0.383 e. The third-order valence-electron chi connectivity index (χ3n) is 3.99. The summed E-state index contributed by atoms with van der Waals surface area (Å²) in [6.45, 7) is 0.702. The smallest absolute Gasteiger partial charge is 0.251 e. The van der Waals surface area contributed by atoms with Crippen LogP contribution in [0.5, 0.6) is 0 Å². The van der Waals surface area contributed by atoms with Crippen LogP contribution < -0.4 is 0 Å². The fraction of sp³-hybridized carbons (Fsp3) is 0.312. The van der Waals surface area contributed by atoms with Crippen molar-refractivity contribution in [3.05, 3.63) is 48.0 Å². The van der Waals surface area contributed by atoms with Crippen LogP contribution >= 0.6 is 0 Å². The number of carbonyl (C=O) groups excluding carboxylic acids is 1. The molecule has 2 unspecified atom stereocenters. The van der Waals surface area contributed by atoms with Gasteiger partial charge in [-0.25, -0.2) is 0 Å². The number of aliphatic hydroxyl groups excluding tert-OH is 1. The Morgan fingerprint density at radius 3 is 2.68 bits per heavy atom. The predicted octanol–water partition coefficient (Wildman–Crippen LogP) is 2.15. The highest BCUT2D eigenvalue weighted by Gasteiger charge is 2.34. The van der Waals surface area contributed by atoms with Crippen molar-refractivity contribution in [1.82, 2.24) is 4.90 Å². The largest absolute Gasteiger partial charge is 0.383 e. The predicted molar refractivity (Wildman–Crippen MR) is 74.9 cm³/mol. The molecule has 1 fully saturated rings. The third kappa shape index (κ3) is 2.10. The molecule has 0 saturated carbocycles. The maximum atomic E-state index is 11.8. The lowest BCUT2D eigenvalue weighted by Crippen LogP contribution is -2.45. The lowest BCUT2D eigenvalue weighted by Gasteiger charge is -2.33. The fourth-order valence-electron chi connectivity index (χ4n) is 2.79. The molecule has 1 amide bonds. The lowest BCUT2D eigenvalue weighted by molar-refractivity contribution is -0.143. The monoisotopic (exact) mass is 255 g/mol. The first kappa shape index (κ1) is 12.2. The van der Waals surface area contributed by atoms with Crippen LogP contribution in [0.4, 0.5) is 0 Å². The van der Waals surface area contributed by atoms with Gasteiger partial charge in [-0.05, 0) is 22.8 Å². The van der Waals surface area contributed by atoms with Crippen molar-refractivity contribution in [1.29, 1.82) is 0 Å². The fourth-order valence-corrected chi connectivity index (χ4v) is 2.79. The van der Waals surface area contributed by atoms with Gasteiger partial charge in [0.15, 0.2) is 0 Å². The van der Waals surface area contributed by atoms with Crippen LogP contribution in [0.1, 0.15) is 17.9 Å². The van der Waals surface area contributed by atoms with Crippen molar-refractivity contribution in [2.24, 2.45) is 0 Å². The normalized spacial score (nSPS) is 23.9. The summed E-state index contributed by atoms with van der Waals surface area (Å²) in [6.07, 6.45) is -0.109. The first-order valence-electron chi connectivity index (χ1n) is 6.58. The van der Waals surface area contributed by atoms with Gasteiger partial charge >= 0.3 is 0 Å². The number of rotatable bonds is 1. The average molecular weight is 255 g/mol. The van der Waals surface area contributed by atoms with Crippen molar-refractivity contribution < 1.29 is 9.90 Å². The van der Waals surface area contributed by atoms with E-state index in [4.69, 9.17) is 0 Å². The lowest BCUT2D eigenvalue weighted by atomic mass is 9.86. The van der Waals surface area contributed by atoms with Gasteiger partial charge in [0.05, 0.1) is 0 Å². The Kier molecular flexibility index (Phi) is 2.99. The van der Waals surface area contributed by atoms with E-state index in [1.54, 1.807) is 11.9 Å². The molecule has 1 aliphatic heterocycles. The highest BCUT2D eigenvalue weighted by atomic mass is 16.3. The number of likely N-dealkylation sites (N-methyl/N-ethyl adjacent to an activating group) is 1. The Balaban J connectivity index is 1.97. The van der Waals surface area contributed by atoms with E-state index in [0.717, 1.165) is 17.4 Å². The molecule has 0 spiro atoms. The summed E-state index contributed by atoms with van der Waals surface area (Å²) in [5.41, 5.74) is 1.05. The van der Waals surface area contributed by atoms with E-state index >= 15 is 0 Å². The van der Waals surface area contributed by atoms with Crippen molar-refractivity contribution in [2.75, 3.05) is 13.6 Å². The Morgan fingerprint density at radius 1 is 1.16 bits per heavy atom. The molecule has 1 heterocycles. The van der Waals surface area contributed by atoms with Gasteiger partial charge in [0.2, 0.25) is 0 Å². The summed E-state index contributed by atoms with van der Waals surface area (Å²) in [6, 6.07) is 14.3. The van der Waals surface area contributed by atoms with Gasteiger partial charge < -0.3 is 10.0 Å². The van der Waals surface area contributed by atoms with Crippen LogP contribution in [-0.4, -0.2) is 35.6 Å². The van der Waals surface area contributed by atoms with E-state index in [2.05, 4.69) is 24.3 Å². The molecule has 3 rings (SSSR count). The van der Waals surface area contributed by atoms with E-state index in [0.29, 0.717) is 6.54 Å². The maximum Gasteiger partial charge on any atom is 0.251 e. The number of likely N-dealkylation sites (tertiary alicyclic amines) is 1. The minimum absolute atomic E-state index is 0.0895. The number of fused-ring (bicyclic) bond motifs is 1. The topological polar surface area (TPSA) is 40.5 Å². The van der Waals surface area contributed by atoms with Crippen molar-refractivity contribution >= 4 is 16.7 Å². The molecule has 0 aliphatic carbocycles. The van der Waals surface area contributed by atoms with Crippen LogP contribution in [0, 0.1) is 0 Å². The zero-order chi connectivity index (χ0) is 13.4. The van der Waals surface area contributed by atoms with E-state index in [1.807, 2.05) is 18.2 Å². The van der Waals surface area contributed by atoms with Crippen LogP contribution in [0.25, 0.3) is 10.8 Å². The number of hydrogen-bond donors (Lipinski definition) is 1. The molecule has 0 radical (unpaired) electrons. The van der Waals surface area contributed by atoms with Gasteiger partial charge in [0.25, 0.3) is 5.91 Å². The Hall–Kier alpha value is -1.87. The number of hydrogen-bond acceptors (Lipinski definition) is 2. The van der Waals surface area contributed by atoms with Crippen LogP contribution in [0.15, 0.2) is 42.5 Å². The van der Waals surface area contributed by atoms with Gasteiger partial charge in [0.1, 0.15) is 6.10 Å². The molecule has 0 bridgehead atoms. The van der Waals surface area contributed by atoms with Gasteiger partial charge in [-0.1, -0.05) is 42.5 Å². The van der Waals surface area contributed by atoms with E-state index in [9.17, 15) is 9.90 Å². The molecule has 2 aromatic carbocycles. The zero-order valence-corrected chi connectivity index (χ0v) is 10.9. The number of aliphatic hydroxyl groups is 1. The Labute approximate surface area is 112 Å². The second-order valence-corrected chi connectivity index (χ2v) is 5.21. The van der Waals surface area contributed by atoms with E-state index < -0.39 is 6.10 Å². The molecule has 2 aromatic rings. The molecule has 3 nitrogen and oxygen atoms in total. The summed E-state index contributed by atoms with van der Waals surface area (Å²) in [5.74, 6) is -0.266. The van der Waals surface area contributed by atoms with Gasteiger partial charge in [-0.2, -0.15) is 0 Å². The van der Waals surface area contributed by atoms with Crippen LogP contribution in [0.2, 0.25) is 0 Å². The van der Waals surface area contributed by atoms with Crippen LogP contribution in [-0.2, 0) is 4.79 Å². The Morgan fingerprint density at radius 2 is 1.89 bits per heavy atom. The first-order valence-corrected chi connectivity index (χ1v) is 6.58. The SMILES string of the molecule is CN1CCC(c2ccc3ccccc3c2)C(O)C1=O. The summed E-state index contributed by atoms with van der Waals surface area (Å²) in [5, 5.41) is 12.5. The molecule has 1 N–H and O–H groups in total. The zero-order valence-electron chi connectivity index (χ0n) is 10.9. The maximum absolute atomic E-state index is 11.8. The van der Waals surface area contributed by atoms with E-state index in [-0.39, 0.29) is 11.8 Å². The molecule has 3 heteroatoms. The number of carbonyl (C=O) groups is 1. The molecule has 19 heavy (non-hydrogen) atoms. The standard InChI is InChI=1S/C16H17NO2/c1-17-9-8-14(15(18)16(17)19)13-7-6-11-4-2-3-5-12(11)10-13/h2-7,10,14-15,18H,8-9H2,1H3. The highest BCUT2D eigenvalue weighted by Crippen LogP contribution is 2.30. The van der Waals surface area contributed by atoms with Crippen LogP contribution in [0.3, 0.4) is 0 Å². The van der Waals surface area contributed by atoms with Crippen molar-refractivity contribution in [2.45, 2.75) is 18.4 Å². The summed E-state index contributed by atoms with van der Waals surface area (Å²) < 4.78 is 0. The number of nitrogens with zero attached hydrogens (tertiary/aromatic N) is 1. The van der Waals surface area contributed by atoms with Gasteiger partial charge in [-0.3, -0.25) is 4.79 Å². The molecule has 1 aliphatic rings. The Bertz CT molecular complexity index is 623. The number of benzene rings is 2. The van der Waals surface area contributed by atoms with Gasteiger partial charge in [0, 0.05) is 19.5 Å². The summed E-state index contributed by atoms with van der Waals surface area (Å²) in [4.78, 5) is 13.4. The van der Waals surface area contributed by atoms with Gasteiger partial charge in [-0.15, -0.1) is 0 Å². The molecule has 0 aromatic heterocycles. The summed E-state index contributed by atoms with van der Waals surface area (Å²) >= 11 is 0. The second-order valence-electron chi connectivity index (χ2n) is 5.21. The number of piperidine rings is 1. The minimum atomic E-state index is -0.917. The second kappa shape index (κ2) is 4.67. The molecule has 2 atom stereocenters. The average Bonchev–Trinajstić information content (AvgIpc) is 2.44. The number of amides is 1. The molecule has 1 saturated heterocycles. The van der Waals surface area contributed by atoms with E-state index in [1.165, 1.54) is 5.39 Å². The quantitative estimate of drug-likeness (QED) is 0.848. The third-order valence-corrected chi connectivity index (χ3v) is 3.99. The molecule has 98 valence electrons. The first-order chi connectivity index (χ1) is 9.16. The van der Waals surface area contributed by atoms with Crippen molar-refractivity contribution in [3.8, 4) is 0 Å². The molecular weight excluding hydrogens is 238 g/mol. The highest BCUT2D eigenvalue weighted by molar-refractivity contribution is 5.85. The summed E-state index contributed by atoms with van der Waals surface area (Å²) in [7, 11) is 1.74. The molecular formula is C16H17NO2. The van der Waals surface area contributed by atoms with Crippen molar-refractivity contribution in [3.63, 3.8) is 0 Å².